The lowest BCUT2D eigenvalue weighted by molar-refractivity contribution is -0.121. The van der Waals surface area contributed by atoms with Crippen LogP contribution in [0.5, 0.6) is 0 Å². The number of carbonyl (C=O) groups is 1. The number of carbonyl (C=O) groups excluding carboxylic acids is 1. The first-order valence-corrected chi connectivity index (χ1v) is 8.31. The molecule has 22 heavy (non-hydrogen) atoms. The summed E-state index contributed by atoms with van der Waals surface area (Å²) in [6.45, 7) is 5.46. The number of hydrogen-bond acceptors (Lipinski definition) is 2. The maximum atomic E-state index is 12.2. The molecule has 0 radical (unpaired) electrons. The fourth-order valence-electron chi connectivity index (χ4n) is 3.31. The summed E-state index contributed by atoms with van der Waals surface area (Å²) in [5.41, 5.74) is 0.999. The minimum atomic E-state index is 0.0560. The van der Waals surface area contributed by atoms with Gasteiger partial charge in [0.2, 0.25) is 5.91 Å². The van der Waals surface area contributed by atoms with Crippen LogP contribution in [0.3, 0.4) is 0 Å². The smallest absolute Gasteiger partial charge is 0.239 e. The van der Waals surface area contributed by atoms with E-state index in [2.05, 4.69) is 17.1 Å². The third-order valence-corrected chi connectivity index (χ3v) is 4.84. The fraction of sp³-hybridized carbons (Fsp3) is 0.471. The molecule has 1 aliphatic heterocycles. The van der Waals surface area contributed by atoms with Gasteiger partial charge in [0, 0.05) is 34.7 Å². The van der Waals surface area contributed by atoms with Crippen LogP contribution in [-0.2, 0) is 11.3 Å². The topological polar surface area (TPSA) is 37.3 Å². The molecule has 0 bridgehead atoms. The zero-order chi connectivity index (χ0) is 15.5. The quantitative estimate of drug-likeness (QED) is 0.920. The molecule has 1 amide bonds. The molecule has 3 rings (SSSR count). The number of hydrogen-bond donors (Lipinski definition) is 1. The number of likely N-dealkylation sites (N-methyl/N-ethyl adjacent to an activating group) is 1. The zero-order valence-corrected chi connectivity index (χ0v) is 13.6. The number of fused-ring (bicyclic) bond motifs is 1. The highest BCUT2D eigenvalue weighted by molar-refractivity contribution is 6.35. The van der Waals surface area contributed by atoms with Gasteiger partial charge < -0.3 is 9.88 Å². The summed E-state index contributed by atoms with van der Waals surface area (Å²) < 4.78 is 1.95. The van der Waals surface area contributed by atoms with E-state index in [9.17, 15) is 4.79 Å². The van der Waals surface area contributed by atoms with E-state index in [4.69, 9.17) is 11.6 Å². The number of nitrogens with zero attached hydrogens (tertiary/aromatic N) is 2. The van der Waals surface area contributed by atoms with Crippen LogP contribution in [0.15, 0.2) is 30.5 Å². The Balaban J connectivity index is 1.60. The summed E-state index contributed by atoms with van der Waals surface area (Å²) in [6, 6.07) is 8.22. The molecule has 118 valence electrons. The van der Waals surface area contributed by atoms with E-state index in [1.54, 1.807) is 0 Å². The van der Waals surface area contributed by atoms with Gasteiger partial charge in [0.15, 0.2) is 0 Å². The van der Waals surface area contributed by atoms with Gasteiger partial charge in [-0.3, -0.25) is 9.69 Å². The molecule has 1 fully saturated rings. The van der Waals surface area contributed by atoms with Crippen molar-refractivity contribution in [1.82, 2.24) is 14.8 Å². The van der Waals surface area contributed by atoms with Gasteiger partial charge in [0.1, 0.15) is 6.54 Å². The lowest BCUT2D eigenvalue weighted by Crippen LogP contribution is -2.40. The highest BCUT2D eigenvalue weighted by Gasteiger charge is 2.23. The Morgan fingerprint density at radius 3 is 3.09 bits per heavy atom. The Labute approximate surface area is 136 Å². The molecule has 1 aromatic carbocycles. The molecule has 1 unspecified atom stereocenters. The van der Waals surface area contributed by atoms with Crippen molar-refractivity contribution in [2.24, 2.45) is 0 Å². The standard InChI is InChI=1S/C17H22ClN3O/c1-2-20-9-4-5-13(20)11-19-17(22)12-21-10-8-14-15(18)6-3-7-16(14)21/h3,6-8,10,13H,2,4-5,9,11-12H2,1H3,(H,19,22). The first kappa shape index (κ1) is 15.4. The number of rotatable bonds is 5. The predicted molar refractivity (Wildman–Crippen MR) is 90.2 cm³/mol. The van der Waals surface area contributed by atoms with Crippen molar-refractivity contribution in [2.45, 2.75) is 32.4 Å². The van der Waals surface area contributed by atoms with E-state index in [1.807, 2.05) is 35.0 Å². The number of aromatic nitrogens is 1. The van der Waals surface area contributed by atoms with E-state index < -0.39 is 0 Å². The average molecular weight is 320 g/mol. The van der Waals surface area contributed by atoms with Crippen LogP contribution in [0.25, 0.3) is 10.9 Å². The monoisotopic (exact) mass is 319 g/mol. The molecule has 0 aliphatic carbocycles. The first-order chi connectivity index (χ1) is 10.7. The van der Waals surface area contributed by atoms with Crippen molar-refractivity contribution in [3.05, 3.63) is 35.5 Å². The Hall–Kier alpha value is -1.52. The van der Waals surface area contributed by atoms with Gasteiger partial charge in [-0.15, -0.1) is 0 Å². The lowest BCUT2D eigenvalue weighted by atomic mass is 10.2. The predicted octanol–water partition coefficient (Wildman–Crippen LogP) is 2.90. The summed E-state index contributed by atoms with van der Waals surface area (Å²) >= 11 is 6.17. The minimum Gasteiger partial charge on any atom is -0.353 e. The molecule has 2 heterocycles. The number of amides is 1. The molecule has 0 spiro atoms. The molecule has 1 aromatic heterocycles. The van der Waals surface area contributed by atoms with E-state index >= 15 is 0 Å². The second-order valence-electron chi connectivity index (χ2n) is 5.84. The van der Waals surface area contributed by atoms with Gasteiger partial charge in [-0.2, -0.15) is 0 Å². The van der Waals surface area contributed by atoms with Crippen LogP contribution in [0.2, 0.25) is 5.02 Å². The number of benzene rings is 1. The van der Waals surface area contributed by atoms with Gasteiger partial charge in [-0.1, -0.05) is 24.6 Å². The van der Waals surface area contributed by atoms with Gasteiger partial charge in [0.25, 0.3) is 0 Å². The first-order valence-electron chi connectivity index (χ1n) is 7.93. The second kappa shape index (κ2) is 6.71. The highest BCUT2D eigenvalue weighted by Crippen LogP contribution is 2.24. The summed E-state index contributed by atoms with van der Waals surface area (Å²) in [5.74, 6) is 0.0560. The van der Waals surface area contributed by atoms with Crippen molar-refractivity contribution >= 4 is 28.4 Å². The summed E-state index contributed by atoms with van der Waals surface area (Å²) in [4.78, 5) is 14.6. The van der Waals surface area contributed by atoms with Crippen molar-refractivity contribution in [2.75, 3.05) is 19.6 Å². The van der Waals surface area contributed by atoms with Gasteiger partial charge in [-0.05, 0) is 44.1 Å². The van der Waals surface area contributed by atoms with Crippen molar-refractivity contribution in [3.63, 3.8) is 0 Å². The van der Waals surface area contributed by atoms with Crippen LogP contribution >= 0.6 is 11.6 Å². The lowest BCUT2D eigenvalue weighted by Gasteiger charge is -2.22. The number of halogens is 1. The van der Waals surface area contributed by atoms with Crippen molar-refractivity contribution in [1.29, 1.82) is 0 Å². The van der Waals surface area contributed by atoms with E-state index in [0.29, 0.717) is 12.6 Å². The molecule has 1 saturated heterocycles. The maximum Gasteiger partial charge on any atom is 0.239 e. The third-order valence-electron chi connectivity index (χ3n) is 4.51. The Morgan fingerprint density at radius 1 is 1.41 bits per heavy atom. The second-order valence-corrected chi connectivity index (χ2v) is 6.25. The molecule has 4 nitrogen and oxygen atoms in total. The van der Waals surface area contributed by atoms with Gasteiger partial charge >= 0.3 is 0 Å². The fourth-order valence-corrected chi connectivity index (χ4v) is 3.54. The summed E-state index contributed by atoms with van der Waals surface area (Å²) in [5, 5.41) is 4.79. The van der Waals surface area contributed by atoms with E-state index in [-0.39, 0.29) is 5.91 Å². The van der Waals surface area contributed by atoms with Crippen LogP contribution in [0, 0.1) is 0 Å². The van der Waals surface area contributed by atoms with Gasteiger partial charge in [0.05, 0.1) is 0 Å². The Morgan fingerprint density at radius 2 is 2.27 bits per heavy atom. The molecule has 1 N–H and O–H groups in total. The van der Waals surface area contributed by atoms with Crippen LogP contribution in [0.4, 0.5) is 0 Å². The molecule has 1 aliphatic rings. The van der Waals surface area contributed by atoms with Gasteiger partial charge in [-0.25, -0.2) is 0 Å². The maximum absolute atomic E-state index is 12.2. The number of likely N-dealkylation sites (tertiary alicyclic amines) is 1. The third kappa shape index (κ3) is 3.13. The number of nitrogens with one attached hydrogen (secondary N) is 1. The summed E-state index contributed by atoms with van der Waals surface area (Å²) in [6.07, 6.45) is 4.33. The van der Waals surface area contributed by atoms with Crippen LogP contribution in [0.1, 0.15) is 19.8 Å². The van der Waals surface area contributed by atoms with E-state index in [1.165, 1.54) is 12.8 Å². The Bertz CT molecular complexity index is 667. The van der Waals surface area contributed by atoms with E-state index in [0.717, 1.165) is 35.6 Å². The van der Waals surface area contributed by atoms with Crippen molar-refractivity contribution in [3.8, 4) is 0 Å². The molecule has 5 heteroatoms. The molecule has 0 saturated carbocycles. The highest BCUT2D eigenvalue weighted by atomic mass is 35.5. The normalized spacial score (nSPS) is 18.9. The van der Waals surface area contributed by atoms with Crippen LogP contribution < -0.4 is 5.32 Å². The minimum absolute atomic E-state index is 0.0560. The van der Waals surface area contributed by atoms with Crippen LogP contribution in [-0.4, -0.2) is 41.1 Å². The molecule has 2 aromatic rings. The zero-order valence-electron chi connectivity index (χ0n) is 12.9. The van der Waals surface area contributed by atoms with Crippen molar-refractivity contribution < 1.29 is 4.79 Å². The molecule has 1 atom stereocenters. The largest absolute Gasteiger partial charge is 0.353 e. The summed E-state index contributed by atoms with van der Waals surface area (Å²) in [7, 11) is 0. The average Bonchev–Trinajstić information content (AvgIpc) is 3.13. The molecular formula is C17H22ClN3O. The SMILES string of the molecule is CCN1CCCC1CNC(=O)Cn1ccc2c(Cl)cccc21. The molecular weight excluding hydrogens is 298 g/mol. The Kier molecular flexibility index (Phi) is 4.69.